The Morgan fingerprint density at radius 3 is 2.50 bits per heavy atom. The highest BCUT2D eigenvalue weighted by Gasteiger charge is 2.16. The SMILES string of the molecule is CN(Cc1ccccc1Br)C(=O)Nc1cccc(CNC(=O)OC(C)(C)C)c1. The molecule has 0 aliphatic carbocycles. The topological polar surface area (TPSA) is 70.7 Å². The summed E-state index contributed by atoms with van der Waals surface area (Å²) in [5, 5.41) is 5.58. The summed E-state index contributed by atoms with van der Waals surface area (Å²) in [5.41, 5.74) is 2.00. The molecule has 0 saturated carbocycles. The van der Waals surface area contributed by atoms with Crippen LogP contribution in [-0.4, -0.2) is 29.7 Å². The zero-order valence-electron chi connectivity index (χ0n) is 16.6. The number of alkyl carbamates (subject to hydrolysis) is 1. The molecule has 0 unspecified atom stereocenters. The third-order valence-corrected chi connectivity index (χ3v) is 4.50. The van der Waals surface area contributed by atoms with Gasteiger partial charge in [0.2, 0.25) is 0 Å². The number of rotatable bonds is 5. The van der Waals surface area contributed by atoms with Gasteiger partial charge >= 0.3 is 12.1 Å². The van der Waals surface area contributed by atoms with E-state index in [9.17, 15) is 9.59 Å². The van der Waals surface area contributed by atoms with Crippen molar-refractivity contribution >= 4 is 33.7 Å². The highest BCUT2D eigenvalue weighted by molar-refractivity contribution is 9.10. The fourth-order valence-corrected chi connectivity index (χ4v) is 2.83. The first-order chi connectivity index (χ1) is 13.1. The molecule has 0 bridgehead atoms. The van der Waals surface area contributed by atoms with Crippen LogP contribution in [0.3, 0.4) is 0 Å². The number of carbonyl (C=O) groups is 2. The maximum Gasteiger partial charge on any atom is 0.407 e. The number of ether oxygens (including phenoxy) is 1. The van der Waals surface area contributed by atoms with Crippen LogP contribution >= 0.6 is 15.9 Å². The van der Waals surface area contributed by atoms with Crippen molar-refractivity contribution in [2.75, 3.05) is 12.4 Å². The molecular weight excluding hydrogens is 422 g/mol. The Bertz CT molecular complexity index is 834. The molecule has 0 saturated heterocycles. The van der Waals surface area contributed by atoms with E-state index in [1.54, 1.807) is 18.0 Å². The highest BCUT2D eigenvalue weighted by atomic mass is 79.9. The van der Waals surface area contributed by atoms with Crippen LogP contribution in [0.2, 0.25) is 0 Å². The molecule has 0 spiro atoms. The molecule has 2 rings (SSSR count). The summed E-state index contributed by atoms with van der Waals surface area (Å²) in [6.45, 7) is 6.23. The summed E-state index contributed by atoms with van der Waals surface area (Å²) in [6, 6.07) is 14.9. The fraction of sp³-hybridized carbons (Fsp3) is 0.333. The number of nitrogens with one attached hydrogen (secondary N) is 2. The van der Waals surface area contributed by atoms with Crippen LogP contribution in [0.25, 0.3) is 0 Å². The van der Waals surface area contributed by atoms with Crippen molar-refractivity contribution in [2.45, 2.75) is 39.5 Å². The van der Waals surface area contributed by atoms with E-state index in [2.05, 4.69) is 26.6 Å². The third kappa shape index (κ3) is 7.23. The molecule has 0 heterocycles. The van der Waals surface area contributed by atoms with E-state index in [0.717, 1.165) is 15.6 Å². The van der Waals surface area contributed by atoms with Crippen molar-refractivity contribution in [1.82, 2.24) is 10.2 Å². The Kier molecular flexibility index (Phi) is 7.45. The normalized spacial score (nSPS) is 10.9. The minimum absolute atomic E-state index is 0.215. The van der Waals surface area contributed by atoms with E-state index in [4.69, 9.17) is 4.74 Å². The van der Waals surface area contributed by atoms with Gasteiger partial charge in [-0.05, 0) is 50.1 Å². The van der Waals surface area contributed by atoms with Gasteiger partial charge in [0.1, 0.15) is 5.60 Å². The van der Waals surface area contributed by atoms with Crippen molar-refractivity contribution in [1.29, 1.82) is 0 Å². The molecule has 28 heavy (non-hydrogen) atoms. The lowest BCUT2D eigenvalue weighted by Crippen LogP contribution is -2.32. The molecule has 0 fully saturated rings. The van der Waals surface area contributed by atoms with E-state index in [-0.39, 0.29) is 6.03 Å². The monoisotopic (exact) mass is 447 g/mol. The van der Waals surface area contributed by atoms with Gasteiger partial charge in [-0.2, -0.15) is 0 Å². The molecule has 2 N–H and O–H groups in total. The van der Waals surface area contributed by atoms with Crippen LogP contribution in [0.4, 0.5) is 15.3 Å². The van der Waals surface area contributed by atoms with E-state index >= 15 is 0 Å². The van der Waals surface area contributed by atoms with Crippen LogP contribution in [0, 0.1) is 0 Å². The van der Waals surface area contributed by atoms with E-state index in [1.165, 1.54) is 0 Å². The number of anilines is 1. The van der Waals surface area contributed by atoms with Gasteiger partial charge in [-0.3, -0.25) is 0 Å². The fourth-order valence-electron chi connectivity index (χ4n) is 2.42. The molecule has 2 aromatic rings. The number of carbonyl (C=O) groups excluding carboxylic acids is 2. The van der Waals surface area contributed by atoms with Gasteiger partial charge in [0, 0.05) is 30.3 Å². The van der Waals surface area contributed by atoms with Gasteiger partial charge in [0.25, 0.3) is 0 Å². The average Bonchev–Trinajstić information content (AvgIpc) is 2.61. The maximum absolute atomic E-state index is 12.5. The zero-order valence-corrected chi connectivity index (χ0v) is 18.2. The molecule has 0 aliphatic heterocycles. The third-order valence-electron chi connectivity index (χ3n) is 3.73. The molecule has 0 aliphatic rings. The number of hydrogen-bond acceptors (Lipinski definition) is 3. The average molecular weight is 448 g/mol. The summed E-state index contributed by atoms with van der Waals surface area (Å²) in [5.74, 6) is 0. The standard InChI is InChI=1S/C21H26BrN3O3/c1-21(2,3)28-20(27)23-13-15-8-7-10-17(12-15)24-19(26)25(4)14-16-9-5-6-11-18(16)22/h5-12H,13-14H2,1-4H3,(H,23,27)(H,24,26). The number of halogens is 1. The molecule has 2 aromatic carbocycles. The summed E-state index contributed by atoms with van der Waals surface area (Å²) >= 11 is 3.49. The van der Waals surface area contributed by atoms with Crippen molar-refractivity contribution in [2.24, 2.45) is 0 Å². The second-order valence-electron chi connectivity index (χ2n) is 7.43. The van der Waals surface area contributed by atoms with Gasteiger partial charge in [0.15, 0.2) is 0 Å². The predicted octanol–water partition coefficient (Wildman–Crippen LogP) is 5.14. The first kappa shape index (κ1) is 21.8. The van der Waals surface area contributed by atoms with Crippen molar-refractivity contribution in [3.63, 3.8) is 0 Å². The van der Waals surface area contributed by atoms with Gasteiger partial charge < -0.3 is 20.3 Å². The molecule has 0 radical (unpaired) electrons. The van der Waals surface area contributed by atoms with E-state index in [0.29, 0.717) is 18.8 Å². The second kappa shape index (κ2) is 9.59. The number of benzene rings is 2. The lowest BCUT2D eigenvalue weighted by molar-refractivity contribution is 0.0523. The van der Waals surface area contributed by atoms with Crippen LogP contribution in [-0.2, 0) is 17.8 Å². The summed E-state index contributed by atoms with van der Waals surface area (Å²) in [7, 11) is 1.74. The van der Waals surface area contributed by atoms with Crippen LogP contribution in [0.15, 0.2) is 53.0 Å². The first-order valence-corrected chi connectivity index (χ1v) is 9.74. The molecule has 0 atom stereocenters. The van der Waals surface area contributed by atoms with Crippen molar-refractivity contribution < 1.29 is 14.3 Å². The number of amides is 3. The predicted molar refractivity (Wildman–Crippen MR) is 114 cm³/mol. The highest BCUT2D eigenvalue weighted by Crippen LogP contribution is 2.18. The first-order valence-electron chi connectivity index (χ1n) is 8.95. The largest absolute Gasteiger partial charge is 0.444 e. The van der Waals surface area contributed by atoms with E-state index < -0.39 is 11.7 Å². The van der Waals surface area contributed by atoms with E-state index in [1.807, 2.05) is 63.2 Å². The quantitative estimate of drug-likeness (QED) is 0.666. The second-order valence-corrected chi connectivity index (χ2v) is 8.29. The summed E-state index contributed by atoms with van der Waals surface area (Å²) in [4.78, 5) is 25.8. The Morgan fingerprint density at radius 1 is 1.11 bits per heavy atom. The lowest BCUT2D eigenvalue weighted by atomic mass is 10.2. The van der Waals surface area contributed by atoms with Gasteiger partial charge in [-0.1, -0.05) is 46.3 Å². The lowest BCUT2D eigenvalue weighted by Gasteiger charge is -2.20. The number of nitrogens with zero attached hydrogens (tertiary/aromatic N) is 1. The number of hydrogen-bond donors (Lipinski definition) is 2. The van der Waals surface area contributed by atoms with Gasteiger partial charge in [-0.25, -0.2) is 9.59 Å². The van der Waals surface area contributed by atoms with Crippen LogP contribution < -0.4 is 10.6 Å². The van der Waals surface area contributed by atoms with Gasteiger partial charge in [-0.15, -0.1) is 0 Å². The minimum atomic E-state index is -0.543. The van der Waals surface area contributed by atoms with Crippen molar-refractivity contribution in [3.8, 4) is 0 Å². The molecule has 6 nitrogen and oxygen atoms in total. The smallest absolute Gasteiger partial charge is 0.407 e. The minimum Gasteiger partial charge on any atom is -0.444 e. The molecule has 3 amide bonds. The Balaban J connectivity index is 1.91. The van der Waals surface area contributed by atoms with Gasteiger partial charge in [0.05, 0.1) is 0 Å². The Hall–Kier alpha value is -2.54. The Morgan fingerprint density at radius 2 is 1.82 bits per heavy atom. The zero-order chi connectivity index (χ0) is 20.7. The summed E-state index contributed by atoms with van der Waals surface area (Å²) < 4.78 is 6.18. The van der Waals surface area contributed by atoms with Crippen LogP contribution in [0.5, 0.6) is 0 Å². The molecule has 0 aromatic heterocycles. The molecule has 150 valence electrons. The molecule has 7 heteroatoms. The van der Waals surface area contributed by atoms with Crippen LogP contribution in [0.1, 0.15) is 31.9 Å². The Labute approximate surface area is 174 Å². The van der Waals surface area contributed by atoms with Crippen molar-refractivity contribution in [3.05, 3.63) is 64.1 Å². The molecular formula is C21H26BrN3O3. The number of urea groups is 1. The summed E-state index contributed by atoms with van der Waals surface area (Å²) in [6.07, 6.45) is -0.477. The maximum atomic E-state index is 12.5.